The summed E-state index contributed by atoms with van der Waals surface area (Å²) in [4.78, 5) is 21.4. The van der Waals surface area contributed by atoms with Crippen molar-refractivity contribution in [3.05, 3.63) is 11.6 Å². The van der Waals surface area contributed by atoms with E-state index in [4.69, 9.17) is 20.2 Å². The van der Waals surface area contributed by atoms with Crippen LogP contribution < -0.4 is 20.3 Å². The highest BCUT2D eigenvalue weighted by Gasteiger charge is 2.48. The number of nitrogens with zero attached hydrogens (tertiary/aromatic N) is 3. The van der Waals surface area contributed by atoms with Crippen molar-refractivity contribution in [1.82, 2.24) is 4.98 Å². The van der Waals surface area contributed by atoms with E-state index in [0.717, 1.165) is 43.0 Å². The molecule has 0 aromatic carbocycles. The Hall–Kier alpha value is -1.86. The molecule has 0 bridgehead atoms. The van der Waals surface area contributed by atoms with Crippen LogP contribution in [-0.4, -0.2) is 50.3 Å². The third-order valence-corrected chi connectivity index (χ3v) is 5.95. The van der Waals surface area contributed by atoms with Crippen LogP contribution >= 0.6 is 0 Å². The van der Waals surface area contributed by atoms with Crippen molar-refractivity contribution in [3.63, 3.8) is 0 Å². The molecule has 26 heavy (non-hydrogen) atoms. The smallest absolute Gasteiger partial charge is 0.240 e. The van der Waals surface area contributed by atoms with Gasteiger partial charge in [-0.1, -0.05) is 6.92 Å². The van der Waals surface area contributed by atoms with Crippen molar-refractivity contribution < 1.29 is 14.3 Å². The lowest BCUT2D eigenvalue weighted by Gasteiger charge is -2.44. The summed E-state index contributed by atoms with van der Waals surface area (Å²) in [6.07, 6.45) is 2.31. The Bertz CT molecular complexity index is 700. The molecule has 4 rings (SSSR count). The Morgan fingerprint density at radius 3 is 2.62 bits per heavy atom. The molecule has 0 unspecified atom stereocenters. The van der Waals surface area contributed by atoms with Crippen LogP contribution in [0.2, 0.25) is 0 Å². The standard InChI is InChI=1S/C19H28N4O3/c1-11-16(20)14-10-15(22-6-8-26-9-7-22)21-19(25-3)18(14)23(12(2)24)17(11)13-4-5-13/h10-11,13,16-17H,4-9,20H2,1-3H3/t11-,16-,17-/m1/s1. The first-order chi connectivity index (χ1) is 12.5. The SMILES string of the molecule is COc1nc(N2CCOCC2)cc2c1N(C(C)=O)[C@@H](C1CC1)[C@H](C)[C@H]2N. The molecule has 142 valence electrons. The lowest BCUT2D eigenvalue weighted by atomic mass is 9.80. The predicted octanol–water partition coefficient (Wildman–Crippen LogP) is 1.71. The number of carbonyl (C=O) groups excluding carboxylic acids is 1. The van der Waals surface area contributed by atoms with Crippen LogP contribution in [-0.2, 0) is 9.53 Å². The Morgan fingerprint density at radius 1 is 1.35 bits per heavy atom. The van der Waals surface area contributed by atoms with Gasteiger partial charge in [0.1, 0.15) is 11.5 Å². The van der Waals surface area contributed by atoms with Crippen LogP contribution in [0, 0.1) is 11.8 Å². The van der Waals surface area contributed by atoms with Crippen LogP contribution in [0.15, 0.2) is 6.07 Å². The molecule has 0 spiro atoms. The quantitative estimate of drug-likeness (QED) is 0.884. The van der Waals surface area contributed by atoms with Crippen molar-refractivity contribution in [2.75, 3.05) is 43.2 Å². The minimum absolute atomic E-state index is 0.0288. The van der Waals surface area contributed by atoms with Gasteiger partial charge in [0, 0.05) is 37.7 Å². The largest absolute Gasteiger partial charge is 0.479 e. The van der Waals surface area contributed by atoms with Crippen molar-refractivity contribution >= 4 is 17.4 Å². The van der Waals surface area contributed by atoms with Gasteiger partial charge in [0.2, 0.25) is 11.8 Å². The molecule has 2 N–H and O–H groups in total. The van der Waals surface area contributed by atoms with E-state index in [1.54, 1.807) is 14.0 Å². The molecule has 2 fully saturated rings. The zero-order chi connectivity index (χ0) is 18.4. The second-order valence-corrected chi connectivity index (χ2v) is 7.63. The van der Waals surface area contributed by atoms with E-state index in [9.17, 15) is 4.79 Å². The molecule has 2 aliphatic heterocycles. The number of methoxy groups -OCH3 is 1. The average Bonchev–Trinajstić information content (AvgIpc) is 3.49. The number of aromatic nitrogens is 1. The van der Waals surface area contributed by atoms with Gasteiger partial charge in [-0.2, -0.15) is 4.98 Å². The highest BCUT2D eigenvalue weighted by atomic mass is 16.5. The fourth-order valence-electron chi connectivity index (χ4n) is 4.44. The maximum atomic E-state index is 12.6. The number of carbonyl (C=O) groups is 1. The molecule has 1 saturated heterocycles. The van der Waals surface area contributed by atoms with E-state index in [0.29, 0.717) is 25.0 Å². The second kappa shape index (κ2) is 6.70. The monoisotopic (exact) mass is 360 g/mol. The van der Waals surface area contributed by atoms with Crippen molar-refractivity contribution in [1.29, 1.82) is 0 Å². The Kier molecular flexibility index (Phi) is 4.52. The number of nitrogens with two attached hydrogens (primary N) is 1. The fourth-order valence-corrected chi connectivity index (χ4v) is 4.44. The van der Waals surface area contributed by atoms with Gasteiger partial charge >= 0.3 is 0 Å². The van der Waals surface area contributed by atoms with Gasteiger partial charge in [0.05, 0.1) is 20.3 Å². The summed E-state index contributed by atoms with van der Waals surface area (Å²) in [5.41, 5.74) is 8.39. The number of hydrogen-bond acceptors (Lipinski definition) is 6. The summed E-state index contributed by atoms with van der Waals surface area (Å²) in [6.45, 7) is 6.74. The Morgan fingerprint density at radius 2 is 2.04 bits per heavy atom. The summed E-state index contributed by atoms with van der Waals surface area (Å²) in [6, 6.07) is 2.03. The summed E-state index contributed by atoms with van der Waals surface area (Å²) >= 11 is 0. The normalized spacial score (nSPS) is 28.7. The third-order valence-electron chi connectivity index (χ3n) is 5.95. The summed E-state index contributed by atoms with van der Waals surface area (Å²) < 4.78 is 11.1. The number of ether oxygens (including phenoxy) is 2. The zero-order valence-corrected chi connectivity index (χ0v) is 15.8. The Labute approximate surface area is 154 Å². The molecule has 3 atom stereocenters. The lowest BCUT2D eigenvalue weighted by Crippen LogP contribution is -2.52. The van der Waals surface area contributed by atoms with Crippen molar-refractivity contribution in [3.8, 4) is 5.88 Å². The lowest BCUT2D eigenvalue weighted by molar-refractivity contribution is -0.117. The highest BCUT2D eigenvalue weighted by molar-refractivity contribution is 5.95. The van der Waals surface area contributed by atoms with E-state index in [-0.39, 0.29) is 23.9 Å². The summed E-state index contributed by atoms with van der Waals surface area (Å²) in [5, 5.41) is 0. The molecule has 1 aromatic heterocycles. The third kappa shape index (κ3) is 2.83. The molecule has 7 nitrogen and oxygen atoms in total. The van der Waals surface area contributed by atoms with Gasteiger partial charge in [-0.15, -0.1) is 0 Å². The number of amides is 1. The number of rotatable bonds is 3. The molecule has 1 saturated carbocycles. The van der Waals surface area contributed by atoms with E-state index >= 15 is 0 Å². The predicted molar refractivity (Wildman–Crippen MR) is 99.6 cm³/mol. The fraction of sp³-hybridized carbons (Fsp3) is 0.684. The first-order valence-electron chi connectivity index (χ1n) is 9.50. The molecule has 7 heteroatoms. The van der Waals surface area contributed by atoms with Crippen LogP contribution in [0.1, 0.15) is 38.3 Å². The van der Waals surface area contributed by atoms with Gasteiger partial charge in [0.15, 0.2) is 0 Å². The maximum Gasteiger partial charge on any atom is 0.240 e. The number of hydrogen-bond donors (Lipinski definition) is 1. The van der Waals surface area contributed by atoms with Crippen LogP contribution in [0.4, 0.5) is 11.5 Å². The van der Waals surface area contributed by atoms with E-state index in [1.165, 1.54) is 0 Å². The molecule has 3 heterocycles. The van der Waals surface area contributed by atoms with Gasteiger partial charge in [-0.05, 0) is 30.7 Å². The van der Waals surface area contributed by atoms with Crippen LogP contribution in [0.3, 0.4) is 0 Å². The zero-order valence-electron chi connectivity index (χ0n) is 15.8. The first-order valence-corrected chi connectivity index (χ1v) is 9.50. The molecular formula is C19H28N4O3. The molecule has 1 aromatic rings. The number of fused-ring (bicyclic) bond motifs is 1. The van der Waals surface area contributed by atoms with Gasteiger partial charge in [-0.3, -0.25) is 4.79 Å². The number of anilines is 2. The van der Waals surface area contributed by atoms with E-state index < -0.39 is 0 Å². The van der Waals surface area contributed by atoms with Crippen molar-refractivity contribution in [2.45, 2.75) is 38.8 Å². The minimum atomic E-state index is -0.136. The molecule has 3 aliphatic rings. The summed E-state index contributed by atoms with van der Waals surface area (Å²) in [5.74, 6) is 2.09. The minimum Gasteiger partial charge on any atom is -0.479 e. The van der Waals surface area contributed by atoms with Gasteiger partial charge in [0.25, 0.3) is 0 Å². The van der Waals surface area contributed by atoms with Crippen LogP contribution in [0.25, 0.3) is 0 Å². The molecular weight excluding hydrogens is 332 g/mol. The second-order valence-electron chi connectivity index (χ2n) is 7.63. The topological polar surface area (TPSA) is 80.9 Å². The van der Waals surface area contributed by atoms with Crippen molar-refractivity contribution in [2.24, 2.45) is 17.6 Å². The maximum absolute atomic E-state index is 12.6. The summed E-state index contributed by atoms with van der Waals surface area (Å²) in [7, 11) is 1.61. The van der Waals surface area contributed by atoms with Gasteiger partial charge in [-0.25, -0.2) is 0 Å². The number of morpholine rings is 1. The molecule has 0 radical (unpaired) electrons. The first kappa shape index (κ1) is 17.5. The van der Waals surface area contributed by atoms with Gasteiger partial charge < -0.3 is 25.0 Å². The Balaban J connectivity index is 1.83. The van der Waals surface area contributed by atoms with Crippen LogP contribution in [0.5, 0.6) is 5.88 Å². The number of pyridine rings is 1. The molecule has 1 aliphatic carbocycles. The average molecular weight is 360 g/mol. The molecule has 1 amide bonds. The van der Waals surface area contributed by atoms with E-state index in [1.807, 2.05) is 11.0 Å². The van der Waals surface area contributed by atoms with E-state index in [2.05, 4.69) is 11.8 Å². The highest BCUT2D eigenvalue weighted by Crippen LogP contribution is 2.51.